The Bertz CT molecular complexity index is 1760. The summed E-state index contributed by atoms with van der Waals surface area (Å²) in [6.45, 7) is 1.34. The first-order chi connectivity index (χ1) is 18.0. The Hall–Kier alpha value is -4.33. The summed E-state index contributed by atoms with van der Waals surface area (Å²) in [4.78, 5) is 21.1. The highest BCUT2D eigenvalue weighted by atomic mass is 35.5. The number of aromatic nitrogens is 3. The standard InChI is InChI=1S/C28H18Cl2N4O3/c1-15(35)34-37-23-10-9-20(25(29)26(23)30)18-7-4-8-19(11-18)27-21(14-31-33-27)28-32-22-12-16-5-2-3-6-17(16)13-24(22)36-28/h2-14H,1H3,(H,31,33)(H,34,35). The molecule has 0 atom stereocenters. The van der Waals surface area contributed by atoms with Crippen molar-refractivity contribution in [2.75, 3.05) is 0 Å². The molecule has 6 rings (SSSR count). The quantitative estimate of drug-likeness (QED) is 0.227. The molecule has 0 aliphatic rings. The van der Waals surface area contributed by atoms with Gasteiger partial charge < -0.3 is 9.25 Å². The first-order valence-electron chi connectivity index (χ1n) is 11.3. The van der Waals surface area contributed by atoms with Crippen LogP contribution in [0.2, 0.25) is 10.0 Å². The number of hydrogen-bond donors (Lipinski definition) is 2. The first-order valence-corrected chi connectivity index (χ1v) is 12.1. The van der Waals surface area contributed by atoms with Crippen molar-refractivity contribution in [3.63, 3.8) is 0 Å². The van der Waals surface area contributed by atoms with Gasteiger partial charge in [-0.15, -0.1) is 0 Å². The molecule has 0 radical (unpaired) electrons. The number of hydrogen-bond acceptors (Lipinski definition) is 5. The lowest BCUT2D eigenvalue weighted by atomic mass is 10.00. The summed E-state index contributed by atoms with van der Waals surface area (Å²) in [6, 6.07) is 23.3. The van der Waals surface area contributed by atoms with Crippen LogP contribution in [-0.4, -0.2) is 21.1 Å². The fourth-order valence-electron chi connectivity index (χ4n) is 4.20. The molecular formula is C28H18Cl2N4O3. The van der Waals surface area contributed by atoms with E-state index in [1.165, 1.54) is 6.92 Å². The minimum atomic E-state index is -0.355. The summed E-state index contributed by atoms with van der Waals surface area (Å²) in [5, 5.41) is 10.0. The Balaban J connectivity index is 1.38. The monoisotopic (exact) mass is 528 g/mol. The predicted molar refractivity (Wildman–Crippen MR) is 144 cm³/mol. The van der Waals surface area contributed by atoms with Gasteiger partial charge in [-0.3, -0.25) is 9.89 Å². The van der Waals surface area contributed by atoms with Gasteiger partial charge in [-0.25, -0.2) is 4.98 Å². The van der Waals surface area contributed by atoms with Crippen LogP contribution in [0.3, 0.4) is 0 Å². The number of nitrogens with zero attached hydrogens (tertiary/aromatic N) is 2. The molecule has 4 aromatic carbocycles. The van der Waals surface area contributed by atoms with E-state index in [0.29, 0.717) is 22.1 Å². The van der Waals surface area contributed by atoms with Crippen molar-refractivity contribution < 1.29 is 14.0 Å². The van der Waals surface area contributed by atoms with E-state index in [2.05, 4.69) is 15.7 Å². The number of rotatable bonds is 5. The number of fused-ring (bicyclic) bond motifs is 2. The Kier molecular flexibility index (Phi) is 5.79. The lowest BCUT2D eigenvalue weighted by molar-refractivity contribution is -0.125. The van der Waals surface area contributed by atoms with Gasteiger partial charge in [0.05, 0.1) is 22.5 Å². The number of H-pyrrole nitrogens is 1. The zero-order chi connectivity index (χ0) is 25.5. The van der Waals surface area contributed by atoms with E-state index in [4.69, 9.17) is 37.4 Å². The second kappa shape index (κ2) is 9.28. The molecule has 0 saturated carbocycles. The number of hydroxylamine groups is 1. The molecule has 2 aromatic heterocycles. The van der Waals surface area contributed by atoms with E-state index < -0.39 is 0 Å². The van der Waals surface area contributed by atoms with E-state index in [1.54, 1.807) is 18.3 Å². The molecule has 0 fully saturated rings. The smallest absolute Gasteiger partial charge is 0.249 e. The van der Waals surface area contributed by atoms with Gasteiger partial charge in [0.25, 0.3) is 0 Å². The lowest BCUT2D eigenvalue weighted by Crippen LogP contribution is -2.23. The molecule has 6 aromatic rings. The number of carbonyl (C=O) groups excluding carboxylic acids is 1. The first kappa shape index (κ1) is 23.1. The molecule has 9 heteroatoms. The summed E-state index contributed by atoms with van der Waals surface area (Å²) in [5.74, 6) is 0.368. The second-order valence-electron chi connectivity index (χ2n) is 8.43. The fraction of sp³-hybridized carbons (Fsp3) is 0.0357. The van der Waals surface area contributed by atoms with Gasteiger partial charge in [0.2, 0.25) is 11.8 Å². The molecule has 2 heterocycles. The molecule has 0 aliphatic heterocycles. The minimum Gasteiger partial charge on any atom is -0.436 e. The van der Waals surface area contributed by atoms with Crippen LogP contribution in [0.5, 0.6) is 5.75 Å². The highest BCUT2D eigenvalue weighted by Crippen LogP contribution is 2.41. The van der Waals surface area contributed by atoms with Crippen LogP contribution in [0.1, 0.15) is 6.92 Å². The molecule has 182 valence electrons. The number of oxazole rings is 1. The van der Waals surface area contributed by atoms with Gasteiger partial charge in [-0.05, 0) is 46.7 Å². The van der Waals surface area contributed by atoms with Crippen LogP contribution in [0.25, 0.3) is 55.7 Å². The van der Waals surface area contributed by atoms with Crippen LogP contribution in [-0.2, 0) is 4.79 Å². The molecular weight excluding hydrogens is 511 g/mol. The molecule has 0 saturated heterocycles. The maximum Gasteiger partial charge on any atom is 0.249 e. The van der Waals surface area contributed by atoms with Crippen molar-refractivity contribution in [3.8, 4) is 39.6 Å². The summed E-state index contributed by atoms with van der Waals surface area (Å²) >= 11 is 13.0. The normalized spacial score (nSPS) is 11.2. The maximum atomic E-state index is 11.2. The zero-order valence-electron chi connectivity index (χ0n) is 19.4. The average molecular weight is 529 g/mol. The Labute approximate surface area is 220 Å². The number of carbonyl (C=O) groups is 1. The number of nitrogens with one attached hydrogen (secondary N) is 2. The third-order valence-corrected chi connectivity index (χ3v) is 6.80. The van der Waals surface area contributed by atoms with Crippen molar-refractivity contribution in [1.29, 1.82) is 0 Å². The van der Waals surface area contributed by atoms with Gasteiger partial charge in [-0.1, -0.05) is 65.7 Å². The average Bonchev–Trinajstić information content (AvgIpc) is 3.55. The Morgan fingerprint density at radius 2 is 1.70 bits per heavy atom. The molecule has 7 nitrogen and oxygen atoms in total. The van der Waals surface area contributed by atoms with Gasteiger partial charge in [0, 0.05) is 18.1 Å². The number of halogens is 2. The van der Waals surface area contributed by atoms with E-state index in [1.807, 2.05) is 60.7 Å². The summed E-state index contributed by atoms with van der Waals surface area (Å²) in [7, 11) is 0. The molecule has 0 unspecified atom stereocenters. The SMILES string of the molecule is CC(=O)NOc1ccc(-c2cccc(-c3[nH]ncc3-c3nc4cc5ccccc5cc4o3)c2)c(Cl)c1Cl. The van der Waals surface area contributed by atoms with Crippen molar-refractivity contribution in [3.05, 3.63) is 89.0 Å². The van der Waals surface area contributed by atoms with Crippen molar-refractivity contribution in [1.82, 2.24) is 20.7 Å². The number of amides is 1. The van der Waals surface area contributed by atoms with E-state index in [9.17, 15) is 4.79 Å². The van der Waals surface area contributed by atoms with Crippen LogP contribution in [0.4, 0.5) is 0 Å². The van der Waals surface area contributed by atoms with Crippen LogP contribution in [0, 0.1) is 0 Å². The lowest BCUT2D eigenvalue weighted by Gasteiger charge is -2.12. The summed E-state index contributed by atoms with van der Waals surface area (Å²) in [6.07, 6.45) is 1.70. The third kappa shape index (κ3) is 4.28. The van der Waals surface area contributed by atoms with Crippen LogP contribution in [0.15, 0.2) is 83.4 Å². The van der Waals surface area contributed by atoms with E-state index >= 15 is 0 Å². The molecule has 0 spiro atoms. The number of benzene rings is 4. The van der Waals surface area contributed by atoms with Crippen LogP contribution < -0.4 is 10.3 Å². The molecule has 0 bridgehead atoms. The van der Waals surface area contributed by atoms with Crippen LogP contribution >= 0.6 is 23.2 Å². The molecule has 1 amide bonds. The molecule has 37 heavy (non-hydrogen) atoms. The Morgan fingerprint density at radius 3 is 2.51 bits per heavy atom. The van der Waals surface area contributed by atoms with Gasteiger partial charge >= 0.3 is 0 Å². The molecule has 2 N–H and O–H groups in total. The molecule has 0 aliphatic carbocycles. The largest absolute Gasteiger partial charge is 0.436 e. The minimum absolute atomic E-state index is 0.194. The van der Waals surface area contributed by atoms with E-state index in [0.717, 1.165) is 38.7 Å². The second-order valence-corrected chi connectivity index (χ2v) is 9.18. The zero-order valence-corrected chi connectivity index (χ0v) is 20.9. The van der Waals surface area contributed by atoms with Crippen molar-refractivity contribution >= 4 is 51.0 Å². The topological polar surface area (TPSA) is 93.0 Å². The van der Waals surface area contributed by atoms with E-state index in [-0.39, 0.29) is 16.7 Å². The highest BCUT2D eigenvalue weighted by Gasteiger charge is 2.18. The Morgan fingerprint density at radius 1 is 0.919 bits per heavy atom. The van der Waals surface area contributed by atoms with Crippen molar-refractivity contribution in [2.24, 2.45) is 0 Å². The van der Waals surface area contributed by atoms with Gasteiger partial charge in [0.15, 0.2) is 11.3 Å². The van der Waals surface area contributed by atoms with Gasteiger partial charge in [0.1, 0.15) is 10.5 Å². The van der Waals surface area contributed by atoms with Crippen molar-refractivity contribution in [2.45, 2.75) is 6.92 Å². The summed E-state index contributed by atoms with van der Waals surface area (Å²) < 4.78 is 6.13. The summed E-state index contributed by atoms with van der Waals surface area (Å²) in [5.41, 5.74) is 7.63. The predicted octanol–water partition coefficient (Wildman–Crippen LogP) is 7.44. The highest BCUT2D eigenvalue weighted by molar-refractivity contribution is 6.44. The third-order valence-electron chi connectivity index (χ3n) is 5.94. The number of aromatic amines is 1. The fourth-order valence-corrected chi connectivity index (χ4v) is 4.67. The van der Waals surface area contributed by atoms with Gasteiger partial charge in [-0.2, -0.15) is 10.6 Å². The maximum absolute atomic E-state index is 11.2.